The molecular weight excluding hydrogens is 245 g/mol. The molecule has 0 saturated carbocycles. The molecule has 0 heterocycles. The average Bonchev–Trinajstić information content (AvgIpc) is 2.29. The highest BCUT2D eigenvalue weighted by Gasteiger charge is 2.28. The number of halogens is 3. The van der Waals surface area contributed by atoms with E-state index >= 15 is 0 Å². The molecule has 0 aliphatic rings. The molecule has 102 valence electrons. The van der Waals surface area contributed by atoms with Crippen LogP contribution in [0.3, 0.4) is 0 Å². The lowest BCUT2D eigenvalue weighted by Crippen LogP contribution is -2.35. The van der Waals surface area contributed by atoms with E-state index in [0.717, 1.165) is 0 Å². The van der Waals surface area contributed by atoms with Crippen molar-refractivity contribution in [2.45, 2.75) is 19.1 Å². The van der Waals surface area contributed by atoms with Crippen LogP contribution in [0.4, 0.5) is 13.2 Å². The summed E-state index contributed by atoms with van der Waals surface area (Å²) in [7, 11) is 0. The summed E-state index contributed by atoms with van der Waals surface area (Å²) < 4.78 is 41.7. The summed E-state index contributed by atoms with van der Waals surface area (Å²) in [5.41, 5.74) is 6.18. The first-order valence-corrected chi connectivity index (χ1v) is 5.69. The Morgan fingerprint density at radius 3 is 2.67 bits per heavy atom. The van der Waals surface area contributed by atoms with E-state index in [1.807, 2.05) is 6.92 Å². The second-order valence-corrected chi connectivity index (χ2v) is 3.79. The topological polar surface area (TPSA) is 47.3 Å². The summed E-state index contributed by atoms with van der Waals surface area (Å²) in [5.74, 6) is 0.627. The molecule has 6 heteroatoms. The molecule has 0 aromatic heterocycles. The minimum absolute atomic E-state index is 0.0889. The lowest BCUT2D eigenvalue weighted by molar-refractivity contribution is -0.126. The molecule has 0 bridgehead atoms. The van der Waals surface area contributed by atoms with Gasteiger partial charge in [0.15, 0.2) is 0 Å². The molecule has 1 rings (SSSR count). The lowest BCUT2D eigenvalue weighted by Gasteiger charge is -2.19. The Morgan fingerprint density at radius 2 is 2.11 bits per heavy atom. The van der Waals surface area contributed by atoms with E-state index in [0.29, 0.717) is 17.9 Å². The zero-order valence-electron chi connectivity index (χ0n) is 10.1. The average molecular weight is 262 g/mol. The zero-order valence-corrected chi connectivity index (χ0v) is 10.1. The highest BCUT2D eigenvalue weighted by molar-refractivity contribution is 5.30. The van der Waals surface area contributed by atoms with Crippen molar-refractivity contribution in [3.63, 3.8) is 0 Å². The van der Waals surface area contributed by atoms with Gasteiger partial charge in [-0.05, 0) is 24.6 Å². The van der Waals surface area contributed by atoms with Crippen molar-refractivity contribution < 1.29 is 17.9 Å². The number of alkyl halides is 3. The Balaban J connectivity index is 2.72. The lowest BCUT2D eigenvalue weighted by atomic mass is 10.1. The first-order valence-electron chi connectivity index (χ1n) is 5.69. The van der Waals surface area contributed by atoms with Crippen LogP contribution in [-0.2, 0) is 0 Å². The smallest absolute Gasteiger partial charge is 0.401 e. The van der Waals surface area contributed by atoms with E-state index in [1.165, 1.54) is 0 Å². The molecule has 0 radical (unpaired) electrons. The fraction of sp³-hybridized carbons (Fsp3) is 0.500. The van der Waals surface area contributed by atoms with Crippen LogP contribution >= 0.6 is 0 Å². The standard InChI is InChI=1S/C12H17F3N2O/c1-2-18-10-5-3-4-9(6-10)11(7-16)17-8-12(13,14)15/h3-6,11,17H,2,7-8,16H2,1H3. The summed E-state index contributed by atoms with van der Waals surface area (Å²) in [4.78, 5) is 0. The number of hydrogen-bond donors (Lipinski definition) is 2. The SMILES string of the molecule is CCOc1cccc(C(CN)NCC(F)(F)F)c1. The summed E-state index contributed by atoms with van der Waals surface area (Å²) in [5, 5.41) is 2.39. The Morgan fingerprint density at radius 1 is 1.39 bits per heavy atom. The maximum Gasteiger partial charge on any atom is 0.401 e. The molecule has 0 aliphatic carbocycles. The van der Waals surface area contributed by atoms with Gasteiger partial charge in [0.2, 0.25) is 0 Å². The number of nitrogens with two attached hydrogens (primary N) is 1. The van der Waals surface area contributed by atoms with Gasteiger partial charge in [0.1, 0.15) is 5.75 Å². The fourth-order valence-corrected chi connectivity index (χ4v) is 1.56. The molecule has 3 N–H and O–H groups in total. The highest BCUT2D eigenvalue weighted by Crippen LogP contribution is 2.20. The van der Waals surface area contributed by atoms with Gasteiger partial charge in [-0.2, -0.15) is 13.2 Å². The summed E-state index contributed by atoms with van der Waals surface area (Å²) in [6, 6.07) is 6.38. The van der Waals surface area contributed by atoms with E-state index in [-0.39, 0.29) is 6.54 Å². The second-order valence-electron chi connectivity index (χ2n) is 3.79. The summed E-state index contributed by atoms with van der Waals surface area (Å²) in [6.45, 7) is 1.38. The molecule has 0 saturated heterocycles. The number of benzene rings is 1. The first-order chi connectivity index (χ1) is 8.46. The van der Waals surface area contributed by atoms with Crippen LogP contribution < -0.4 is 15.8 Å². The Kier molecular flexibility index (Phi) is 5.43. The predicted octanol–water partition coefficient (Wildman–Crippen LogP) is 2.24. The monoisotopic (exact) mass is 262 g/mol. The van der Waals surface area contributed by atoms with Crippen molar-refractivity contribution in [2.75, 3.05) is 19.7 Å². The van der Waals surface area contributed by atoms with Crippen LogP contribution in [-0.4, -0.2) is 25.9 Å². The predicted molar refractivity (Wildman–Crippen MR) is 63.5 cm³/mol. The van der Waals surface area contributed by atoms with Gasteiger partial charge in [0.25, 0.3) is 0 Å². The van der Waals surface area contributed by atoms with Crippen molar-refractivity contribution in [2.24, 2.45) is 5.73 Å². The van der Waals surface area contributed by atoms with E-state index < -0.39 is 18.8 Å². The van der Waals surface area contributed by atoms with Gasteiger partial charge in [0, 0.05) is 12.6 Å². The van der Waals surface area contributed by atoms with Crippen LogP contribution in [0.25, 0.3) is 0 Å². The van der Waals surface area contributed by atoms with Gasteiger partial charge in [-0.25, -0.2) is 0 Å². The molecule has 0 spiro atoms. The Bertz CT molecular complexity index is 369. The number of rotatable bonds is 6. The first kappa shape index (κ1) is 14.8. The van der Waals surface area contributed by atoms with Crippen LogP contribution in [0.1, 0.15) is 18.5 Å². The molecule has 0 aliphatic heterocycles. The van der Waals surface area contributed by atoms with Crippen molar-refractivity contribution in [3.05, 3.63) is 29.8 Å². The third kappa shape index (κ3) is 4.93. The molecular formula is C12H17F3N2O. The van der Waals surface area contributed by atoms with E-state index in [1.54, 1.807) is 24.3 Å². The van der Waals surface area contributed by atoms with E-state index in [2.05, 4.69) is 5.32 Å². The largest absolute Gasteiger partial charge is 0.494 e. The maximum atomic E-state index is 12.1. The van der Waals surface area contributed by atoms with Crippen LogP contribution in [0, 0.1) is 0 Å². The normalized spacial score (nSPS) is 13.4. The quantitative estimate of drug-likeness (QED) is 0.826. The molecule has 1 atom stereocenters. The zero-order chi connectivity index (χ0) is 13.6. The Labute approximate surface area is 104 Å². The third-order valence-electron chi connectivity index (χ3n) is 2.36. The summed E-state index contributed by atoms with van der Waals surface area (Å²) >= 11 is 0. The Hall–Kier alpha value is -1.27. The van der Waals surface area contributed by atoms with E-state index in [4.69, 9.17) is 10.5 Å². The van der Waals surface area contributed by atoms with E-state index in [9.17, 15) is 13.2 Å². The van der Waals surface area contributed by atoms with Crippen LogP contribution in [0.15, 0.2) is 24.3 Å². The van der Waals surface area contributed by atoms with Crippen molar-refractivity contribution in [3.8, 4) is 5.75 Å². The van der Waals surface area contributed by atoms with Crippen LogP contribution in [0.5, 0.6) is 5.75 Å². The van der Waals surface area contributed by atoms with Gasteiger partial charge in [0.05, 0.1) is 13.2 Å². The molecule has 1 unspecified atom stereocenters. The number of hydrogen-bond acceptors (Lipinski definition) is 3. The molecule has 1 aromatic rings. The molecule has 18 heavy (non-hydrogen) atoms. The van der Waals surface area contributed by atoms with Gasteiger partial charge < -0.3 is 15.8 Å². The third-order valence-corrected chi connectivity index (χ3v) is 2.36. The molecule has 3 nitrogen and oxygen atoms in total. The number of nitrogens with one attached hydrogen (secondary N) is 1. The second kappa shape index (κ2) is 6.61. The van der Waals surface area contributed by atoms with Gasteiger partial charge in [-0.3, -0.25) is 0 Å². The van der Waals surface area contributed by atoms with Crippen molar-refractivity contribution >= 4 is 0 Å². The highest BCUT2D eigenvalue weighted by atomic mass is 19.4. The molecule has 0 fully saturated rings. The minimum atomic E-state index is -4.25. The van der Waals surface area contributed by atoms with Crippen molar-refractivity contribution in [1.29, 1.82) is 0 Å². The number of ether oxygens (including phenoxy) is 1. The van der Waals surface area contributed by atoms with Gasteiger partial charge >= 0.3 is 6.18 Å². The molecule has 0 amide bonds. The van der Waals surface area contributed by atoms with Crippen LogP contribution in [0.2, 0.25) is 0 Å². The van der Waals surface area contributed by atoms with Gasteiger partial charge in [-0.15, -0.1) is 0 Å². The minimum Gasteiger partial charge on any atom is -0.494 e. The van der Waals surface area contributed by atoms with Gasteiger partial charge in [-0.1, -0.05) is 12.1 Å². The molecule has 1 aromatic carbocycles. The summed E-state index contributed by atoms with van der Waals surface area (Å²) in [6.07, 6.45) is -4.25. The maximum absolute atomic E-state index is 12.1. The van der Waals surface area contributed by atoms with Crippen molar-refractivity contribution in [1.82, 2.24) is 5.32 Å². The fourth-order valence-electron chi connectivity index (χ4n) is 1.56.